The molecule has 1 fully saturated rings. The predicted molar refractivity (Wildman–Crippen MR) is 138 cm³/mol. The number of hydrogen-bond acceptors (Lipinski definition) is 4. The van der Waals surface area contributed by atoms with E-state index in [2.05, 4.69) is 29.7 Å². The smallest absolute Gasteiger partial charge is 0.227 e. The molecule has 5 rings (SSSR count). The zero-order valence-electron chi connectivity index (χ0n) is 20.3. The van der Waals surface area contributed by atoms with Gasteiger partial charge in [-0.15, -0.1) is 0 Å². The monoisotopic (exact) mass is 469 g/mol. The Labute approximate surface area is 206 Å². The lowest BCUT2D eigenvalue weighted by molar-refractivity contribution is -0.117. The van der Waals surface area contributed by atoms with Gasteiger partial charge in [-0.05, 0) is 56.2 Å². The third-order valence-corrected chi connectivity index (χ3v) is 6.61. The number of aryl methyl sites for hydroxylation is 2. The first kappa shape index (κ1) is 23.0. The maximum atomic E-state index is 13.0. The van der Waals surface area contributed by atoms with Crippen LogP contribution in [0.25, 0.3) is 11.0 Å². The van der Waals surface area contributed by atoms with Crippen LogP contribution in [-0.4, -0.2) is 35.7 Å². The summed E-state index contributed by atoms with van der Waals surface area (Å²) in [5.41, 5.74) is 4.19. The van der Waals surface area contributed by atoms with Crippen LogP contribution in [0.15, 0.2) is 72.8 Å². The molecule has 3 aromatic carbocycles. The van der Waals surface area contributed by atoms with Crippen LogP contribution >= 0.6 is 0 Å². The maximum Gasteiger partial charge on any atom is 0.227 e. The third-order valence-electron chi connectivity index (χ3n) is 6.61. The molecule has 0 radical (unpaired) electrons. The maximum absolute atomic E-state index is 13.0. The van der Waals surface area contributed by atoms with E-state index in [-0.39, 0.29) is 11.8 Å². The Kier molecular flexibility index (Phi) is 6.70. The first-order chi connectivity index (χ1) is 17.1. The number of fused-ring (bicyclic) bond motifs is 1. The largest absolute Gasteiger partial charge is 0.497 e. The summed E-state index contributed by atoms with van der Waals surface area (Å²) in [6.07, 6.45) is 2.37. The van der Waals surface area contributed by atoms with Crippen molar-refractivity contribution >= 4 is 22.6 Å². The van der Waals surface area contributed by atoms with E-state index >= 15 is 0 Å². The summed E-state index contributed by atoms with van der Waals surface area (Å²) >= 11 is 0. The number of nitrogens with zero attached hydrogens (tertiary/aromatic N) is 3. The molecule has 0 spiro atoms. The van der Waals surface area contributed by atoms with E-state index in [9.17, 15) is 4.79 Å². The molecule has 6 heteroatoms. The molecule has 1 aliphatic rings. The molecule has 180 valence electrons. The third kappa shape index (κ3) is 5.02. The summed E-state index contributed by atoms with van der Waals surface area (Å²) in [5, 5.41) is 0. The standard InChI is InChI=1S/C29H31N3O3/c1-21-12-14-24(15-13-21)35-17-6-5-16-31-27-11-4-3-10-26(27)30-29(31)22-18-28(33)32(20-22)23-8-7-9-25(19-23)34-2/h3-4,7-15,19,22H,5-6,16-18,20H2,1-2H3. The first-order valence-corrected chi connectivity index (χ1v) is 12.2. The van der Waals surface area contributed by atoms with E-state index in [0.29, 0.717) is 19.6 Å². The number of carbonyl (C=O) groups is 1. The number of anilines is 1. The van der Waals surface area contributed by atoms with Gasteiger partial charge in [0.1, 0.15) is 17.3 Å². The van der Waals surface area contributed by atoms with Crippen molar-refractivity contribution in [3.63, 3.8) is 0 Å². The predicted octanol–water partition coefficient (Wildman–Crippen LogP) is 5.73. The summed E-state index contributed by atoms with van der Waals surface area (Å²) in [7, 11) is 1.64. The number of rotatable bonds is 9. The number of para-hydroxylation sites is 2. The van der Waals surface area contributed by atoms with Crippen molar-refractivity contribution in [2.24, 2.45) is 0 Å². The number of hydrogen-bond donors (Lipinski definition) is 0. The lowest BCUT2D eigenvalue weighted by Gasteiger charge is -2.18. The highest BCUT2D eigenvalue weighted by molar-refractivity contribution is 5.96. The summed E-state index contributed by atoms with van der Waals surface area (Å²) < 4.78 is 13.6. The lowest BCUT2D eigenvalue weighted by atomic mass is 10.1. The molecule has 4 aromatic rings. The van der Waals surface area contributed by atoms with Gasteiger partial charge in [-0.2, -0.15) is 0 Å². The number of benzene rings is 3. The Hall–Kier alpha value is -3.80. The van der Waals surface area contributed by atoms with Crippen molar-refractivity contribution in [1.82, 2.24) is 9.55 Å². The second-order valence-corrected chi connectivity index (χ2v) is 9.09. The summed E-state index contributed by atoms with van der Waals surface area (Å²) in [5.74, 6) is 2.81. The van der Waals surface area contributed by atoms with Crippen LogP contribution in [0, 0.1) is 6.92 Å². The van der Waals surface area contributed by atoms with Crippen LogP contribution in [-0.2, 0) is 11.3 Å². The van der Waals surface area contributed by atoms with E-state index in [4.69, 9.17) is 14.5 Å². The minimum Gasteiger partial charge on any atom is -0.497 e. The second kappa shape index (κ2) is 10.2. The Morgan fingerprint density at radius 3 is 2.63 bits per heavy atom. The molecule has 0 aliphatic carbocycles. The zero-order valence-corrected chi connectivity index (χ0v) is 20.3. The van der Waals surface area contributed by atoms with Crippen LogP contribution < -0.4 is 14.4 Å². The lowest BCUT2D eigenvalue weighted by Crippen LogP contribution is -2.24. The molecule has 0 bridgehead atoms. The van der Waals surface area contributed by atoms with Gasteiger partial charge >= 0.3 is 0 Å². The molecule has 1 aromatic heterocycles. The van der Waals surface area contributed by atoms with Gasteiger partial charge in [-0.25, -0.2) is 4.98 Å². The van der Waals surface area contributed by atoms with Gasteiger partial charge in [-0.3, -0.25) is 4.79 Å². The van der Waals surface area contributed by atoms with Gasteiger partial charge in [0.15, 0.2) is 0 Å². The molecule has 35 heavy (non-hydrogen) atoms. The highest BCUT2D eigenvalue weighted by Gasteiger charge is 2.34. The quantitative estimate of drug-likeness (QED) is 0.294. The molecular formula is C29H31N3O3. The van der Waals surface area contributed by atoms with Gasteiger partial charge in [0.2, 0.25) is 5.91 Å². The number of imidazole rings is 1. The molecule has 1 aliphatic heterocycles. The Morgan fingerprint density at radius 1 is 0.971 bits per heavy atom. The normalized spacial score (nSPS) is 15.7. The number of carbonyl (C=O) groups excluding carboxylic acids is 1. The van der Waals surface area contributed by atoms with Gasteiger partial charge in [-0.1, -0.05) is 35.9 Å². The number of unbranched alkanes of at least 4 members (excludes halogenated alkanes) is 1. The number of methoxy groups -OCH3 is 1. The number of amides is 1. The van der Waals surface area contributed by atoms with Crippen molar-refractivity contribution in [2.45, 2.75) is 38.6 Å². The average molecular weight is 470 g/mol. The Bertz CT molecular complexity index is 1310. The first-order valence-electron chi connectivity index (χ1n) is 12.2. The second-order valence-electron chi connectivity index (χ2n) is 9.09. The van der Waals surface area contributed by atoms with Crippen LogP contribution in [0.2, 0.25) is 0 Å². The fraction of sp³-hybridized carbons (Fsp3) is 0.310. The molecule has 1 amide bonds. The molecule has 6 nitrogen and oxygen atoms in total. The van der Waals surface area contributed by atoms with E-state index in [1.54, 1.807) is 7.11 Å². The summed E-state index contributed by atoms with van der Waals surface area (Å²) in [6.45, 7) is 4.21. The van der Waals surface area contributed by atoms with Crippen molar-refractivity contribution in [3.05, 3.63) is 84.2 Å². The van der Waals surface area contributed by atoms with Gasteiger partial charge in [0.25, 0.3) is 0 Å². The van der Waals surface area contributed by atoms with Crippen LogP contribution in [0.5, 0.6) is 11.5 Å². The van der Waals surface area contributed by atoms with E-state index < -0.39 is 0 Å². The fourth-order valence-electron chi connectivity index (χ4n) is 4.75. The van der Waals surface area contributed by atoms with Crippen molar-refractivity contribution in [2.75, 3.05) is 25.2 Å². The molecule has 1 saturated heterocycles. The highest BCUT2D eigenvalue weighted by atomic mass is 16.5. The number of aromatic nitrogens is 2. The molecular weight excluding hydrogens is 438 g/mol. The Balaban J connectivity index is 1.29. The number of ether oxygens (including phenoxy) is 2. The molecule has 1 atom stereocenters. The van der Waals surface area contributed by atoms with E-state index in [1.807, 2.05) is 59.5 Å². The Morgan fingerprint density at radius 2 is 1.80 bits per heavy atom. The molecule has 0 saturated carbocycles. The average Bonchev–Trinajstić information content (AvgIpc) is 3.45. The minimum absolute atomic E-state index is 0.0462. The van der Waals surface area contributed by atoms with Gasteiger partial charge in [0.05, 0.1) is 24.8 Å². The van der Waals surface area contributed by atoms with E-state index in [1.165, 1.54) is 5.56 Å². The van der Waals surface area contributed by atoms with Crippen molar-refractivity contribution < 1.29 is 14.3 Å². The fourth-order valence-corrected chi connectivity index (χ4v) is 4.75. The van der Waals surface area contributed by atoms with Crippen LogP contribution in [0.3, 0.4) is 0 Å². The summed E-state index contributed by atoms with van der Waals surface area (Å²) in [6, 6.07) is 24.1. The minimum atomic E-state index is 0.0462. The van der Waals surface area contributed by atoms with Crippen molar-refractivity contribution in [1.29, 1.82) is 0 Å². The SMILES string of the molecule is COc1cccc(N2CC(c3nc4ccccc4n3CCCCOc3ccc(C)cc3)CC2=O)c1. The van der Waals surface area contributed by atoms with Crippen LogP contribution in [0.1, 0.15) is 36.6 Å². The highest BCUT2D eigenvalue weighted by Crippen LogP contribution is 2.34. The summed E-state index contributed by atoms with van der Waals surface area (Å²) in [4.78, 5) is 19.8. The van der Waals surface area contributed by atoms with Crippen LogP contribution in [0.4, 0.5) is 5.69 Å². The topological polar surface area (TPSA) is 56.6 Å². The zero-order chi connectivity index (χ0) is 24.2. The van der Waals surface area contributed by atoms with Gasteiger partial charge in [0, 0.05) is 37.2 Å². The van der Waals surface area contributed by atoms with E-state index in [0.717, 1.165) is 53.4 Å². The van der Waals surface area contributed by atoms with Crippen molar-refractivity contribution in [3.8, 4) is 11.5 Å². The molecule has 0 N–H and O–H groups in total. The van der Waals surface area contributed by atoms with Gasteiger partial charge < -0.3 is 18.9 Å². The molecule has 2 heterocycles. The molecule has 1 unspecified atom stereocenters.